The molecule has 4 heterocycles. The molecule has 8 nitrogen and oxygen atoms in total. The highest BCUT2D eigenvalue weighted by Gasteiger charge is 2.46. The summed E-state index contributed by atoms with van der Waals surface area (Å²) in [6, 6.07) is 14.7. The van der Waals surface area contributed by atoms with E-state index in [0.29, 0.717) is 11.3 Å². The first-order valence-corrected chi connectivity index (χ1v) is 12.7. The molecule has 9 heteroatoms. The molecule has 1 fully saturated rings. The molecule has 1 saturated heterocycles. The SMILES string of the molecule is N[C@@H]1c2ccccc2CC12CCN(c1nc3ncc(Sc4cccc5nccnc45)nc3[nH]1)CC2. The number of para-hydroxylation sites is 1. The number of piperidine rings is 1. The Labute approximate surface area is 206 Å². The van der Waals surface area contributed by atoms with Crippen molar-refractivity contribution in [3.8, 4) is 0 Å². The summed E-state index contributed by atoms with van der Waals surface area (Å²) >= 11 is 1.53. The molecule has 7 rings (SSSR count). The Morgan fingerprint density at radius 1 is 0.971 bits per heavy atom. The monoisotopic (exact) mass is 480 g/mol. The number of nitrogens with zero attached hydrogens (tertiary/aromatic N) is 6. The number of hydrogen-bond donors (Lipinski definition) is 2. The van der Waals surface area contributed by atoms with E-state index in [4.69, 9.17) is 15.7 Å². The van der Waals surface area contributed by atoms with Gasteiger partial charge in [-0.05, 0) is 47.9 Å². The maximum absolute atomic E-state index is 6.74. The summed E-state index contributed by atoms with van der Waals surface area (Å²) in [6.45, 7) is 1.83. The highest BCUT2D eigenvalue weighted by Crippen LogP contribution is 2.50. The van der Waals surface area contributed by atoms with E-state index in [1.54, 1.807) is 18.6 Å². The Bertz CT molecular complexity index is 1550. The van der Waals surface area contributed by atoms with E-state index in [-0.39, 0.29) is 11.5 Å². The number of rotatable bonds is 3. The standard InChI is InChI=1S/C26H24N8S/c27-22-17-5-2-1-4-16(17)14-26(22)8-12-34(13-9-26)25-32-23-24(33-25)31-20(15-30-23)35-19-7-3-6-18-21(19)29-11-10-28-18/h1-7,10-11,15,22H,8-9,12-14,27H2,(H,30,31,32,33)/t22-/m1/s1. The van der Waals surface area contributed by atoms with Crippen LogP contribution in [0, 0.1) is 5.41 Å². The smallest absolute Gasteiger partial charge is 0.206 e. The normalized spacial score (nSPS) is 19.0. The molecule has 0 amide bonds. The molecule has 0 radical (unpaired) electrons. The average Bonchev–Trinajstić information content (AvgIpc) is 3.44. The maximum Gasteiger partial charge on any atom is 0.206 e. The third kappa shape index (κ3) is 3.45. The van der Waals surface area contributed by atoms with Crippen LogP contribution in [0.1, 0.15) is 30.0 Å². The molecule has 1 atom stereocenters. The van der Waals surface area contributed by atoms with Crippen LogP contribution in [0.4, 0.5) is 5.95 Å². The third-order valence-corrected chi connectivity index (χ3v) is 8.46. The first-order valence-electron chi connectivity index (χ1n) is 11.9. The number of nitrogens with one attached hydrogen (secondary N) is 1. The maximum atomic E-state index is 6.74. The van der Waals surface area contributed by atoms with Gasteiger partial charge < -0.3 is 15.6 Å². The van der Waals surface area contributed by atoms with Gasteiger partial charge in [0.2, 0.25) is 5.95 Å². The van der Waals surface area contributed by atoms with Gasteiger partial charge in [-0.1, -0.05) is 42.1 Å². The van der Waals surface area contributed by atoms with Gasteiger partial charge in [-0.2, -0.15) is 4.98 Å². The van der Waals surface area contributed by atoms with Crippen LogP contribution in [0.25, 0.3) is 22.3 Å². The number of nitrogens with two attached hydrogens (primary N) is 1. The molecule has 0 saturated carbocycles. The lowest BCUT2D eigenvalue weighted by molar-refractivity contribution is 0.187. The molecule has 5 aromatic rings. The first kappa shape index (κ1) is 20.8. The van der Waals surface area contributed by atoms with Crippen LogP contribution in [0.2, 0.25) is 0 Å². The molecule has 35 heavy (non-hydrogen) atoms. The van der Waals surface area contributed by atoms with Crippen LogP contribution in [0.5, 0.6) is 0 Å². The Morgan fingerprint density at radius 2 is 1.83 bits per heavy atom. The second kappa shape index (κ2) is 8.00. The highest BCUT2D eigenvalue weighted by atomic mass is 32.2. The lowest BCUT2D eigenvalue weighted by Gasteiger charge is -2.42. The zero-order valence-corrected chi connectivity index (χ0v) is 19.9. The molecule has 3 aromatic heterocycles. The zero-order chi connectivity index (χ0) is 23.4. The van der Waals surface area contributed by atoms with Gasteiger partial charge in [0.25, 0.3) is 0 Å². The number of H-pyrrole nitrogens is 1. The van der Waals surface area contributed by atoms with Crippen LogP contribution in [-0.2, 0) is 6.42 Å². The predicted molar refractivity (Wildman–Crippen MR) is 136 cm³/mol. The van der Waals surface area contributed by atoms with Crippen molar-refractivity contribution in [2.24, 2.45) is 11.1 Å². The number of anilines is 1. The molecule has 1 spiro atoms. The van der Waals surface area contributed by atoms with Crippen LogP contribution < -0.4 is 10.6 Å². The van der Waals surface area contributed by atoms with Crippen LogP contribution in [0.15, 0.2) is 71.0 Å². The largest absolute Gasteiger partial charge is 0.342 e. The number of benzene rings is 2. The number of fused-ring (bicyclic) bond motifs is 3. The van der Waals surface area contributed by atoms with Gasteiger partial charge in [0.05, 0.1) is 11.7 Å². The predicted octanol–water partition coefficient (Wildman–Crippen LogP) is 4.29. The van der Waals surface area contributed by atoms with Crippen molar-refractivity contribution in [2.45, 2.75) is 35.2 Å². The molecule has 174 valence electrons. The van der Waals surface area contributed by atoms with Gasteiger partial charge in [-0.3, -0.25) is 9.97 Å². The fourth-order valence-corrected chi connectivity index (χ4v) is 6.46. The van der Waals surface area contributed by atoms with Gasteiger partial charge in [-0.15, -0.1) is 0 Å². The van der Waals surface area contributed by atoms with Gasteiger partial charge >= 0.3 is 0 Å². The van der Waals surface area contributed by atoms with Crippen LogP contribution >= 0.6 is 11.8 Å². The number of aromatic amines is 1. The van der Waals surface area contributed by atoms with Crippen molar-refractivity contribution >= 4 is 40.0 Å². The van der Waals surface area contributed by atoms with Crippen LogP contribution in [0.3, 0.4) is 0 Å². The quantitative estimate of drug-likeness (QED) is 0.394. The summed E-state index contributed by atoms with van der Waals surface area (Å²) in [7, 11) is 0. The fraction of sp³-hybridized carbons (Fsp3) is 0.269. The third-order valence-electron chi connectivity index (χ3n) is 7.50. The Kier molecular flexibility index (Phi) is 4.75. The fourth-order valence-electron chi connectivity index (χ4n) is 5.60. The molecular weight excluding hydrogens is 456 g/mol. The van der Waals surface area contributed by atoms with E-state index < -0.39 is 0 Å². The first-order chi connectivity index (χ1) is 17.2. The number of hydrogen-bond acceptors (Lipinski definition) is 8. The molecule has 1 aliphatic carbocycles. The van der Waals surface area contributed by atoms with Crippen molar-refractivity contribution in [1.29, 1.82) is 0 Å². The van der Waals surface area contributed by atoms with Crippen LogP contribution in [-0.4, -0.2) is 43.0 Å². The Morgan fingerprint density at radius 3 is 2.71 bits per heavy atom. The Hall–Kier alpha value is -3.56. The number of imidazole rings is 1. The van der Waals surface area contributed by atoms with Gasteiger partial charge in [0.15, 0.2) is 11.3 Å². The molecule has 2 aliphatic rings. The molecule has 3 N–H and O–H groups in total. The minimum atomic E-state index is 0.109. The topological polar surface area (TPSA) is 110 Å². The van der Waals surface area contributed by atoms with E-state index in [1.165, 1.54) is 22.9 Å². The van der Waals surface area contributed by atoms with E-state index in [9.17, 15) is 0 Å². The van der Waals surface area contributed by atoms with E-state index in [1.807, 2.05) is 18.2 Å². The van der Waals surface area contributed by atoms with E-state index in [0.717, 1.165) is 59.3 Å². The second-order valence-corrected chi connectivity index (χ2v) is 10.5. The summed E-state index contributed by atoms with van der Waals surface area (Å²) in [5.74, 6) is 0.831. The lowest BCUT2D eigenvalue weighted by Crippen LogP contribution is -2.44. The summed E-state index contributed by atoms with van der Waals surface area (Å²) in [4.78, 5) is 29.7. The van der Waals surface area contributed by atoms with Crippen molar-refractivity contribution in [2.75, 3.05) is 18.0 Å². The molecule has 1 aliphatic heterocycles. The van der Waals surface area contributed by atoms with Crippen molar-refractivity contribution in [1.82, 2.24) is 29.9 Å². The Balaban J connectivity index is 1.11. The lowest BCUT2D eigenvalue weighted by atomic mass is 9.73. The highest BCUT2D eigenvalue weighted by molar-refractivity contribution is 7.99. The summed E-state index contributed by atoms with van der Waals surface area (Å²) in [5.41, 5.74) is 12.7. The van der Waals surface area contributed by atoms with E-state index >= 15 is 0 Å². The van der Waals surface area contributed by atoms with Crippen molar-refractivity contribution < 1.29 is 0 Å². The summed E-state index contributed by atoms with van der Waals surface area (Å²) in [6.07, 6.45) is 8.35. The number of aromatic nitrogens is 6. The average molecular weight is 481 g/mol. The van der Waals surface area contributed by atoms with Gasteiger partial charge in [-0.25, -0.2) is 9.97 Å². The molecule has 0 bridgehead atoms. The van der Waals surface area contributed by atoms with Crippen molar-refractivity contribution in [3.05, 3.63) is 72.2 Å². The zero-order valence-electron chi connectivity index (χ0n) is 19.1. The van der Waals surface area contributed by atoms with Gasteiger partial charge in [0, 0.05) is 36.4 Å². The summed E-state index contributed by atoms with van der Waals surface area (Å²) in [5, 5.41) is 0.790. The van der Waals surface area contributed by atoms with Crippen molar-refractivity contribution in [3.63, 3.8) is 0 Å². The second-order valence-electron chi connectivity index (χ2n) is 9.43. The molecular formula is C26H24N8S. The summed E-state index contributed by atoms with van der Waals surface area (Å²) < 4.78 is 0. The minimum Gasteiger partial charge on any atom is -0.342 e. The molecule has 0 unspecified atom stereocenters. The molecule has 2 aromatic carbocycles. The van der Waals surface area contributed by atoms with E-state index in [2.05, 4.69) is 49.1 Å². The van der Waals surface area contributed by atoms with Gasteiger partial charge in [0.1, 0.15) is 10.5 Å². The minimum absolute atomic E-state index is 0.109.